The number of halogens is 3. The number of likely N-dealkylation sites (N-methyl/N-ethyl adjacent to an activating group) is 1. The fraction of sp³-hybridized carbons (Fsp3) is 0.590. The number of hydrogen-bond donors (Lipinski definition) is 4. The molecular weight excluding hydrogens is 707 g/mol. The Kier molecular flexibility index (Phi) is 17.5. The van der Waals surface area contributed by atoms with Crippen LogP contribution in [0.3, 0.4) is 0 Å². The molecule has 0 saturated carbocycles. The lowest BCUT2D eigenvalue weighted by Gasteiger charge is -2.36. The zero-order valence-electron chi connectivity index (χ0n) is 31.8. The van der Waals surface area contributed by atoms with Gasteiger partial charge in [0.05, 0.1) is 48.2 Å². The predicted molar refractivity (Wildman–Crippen MR) is 201 cm³/mol. The van der Waals surface area contributed by atoms with E-state index >= 15 is 0 Å². The molecular formula is C39H56F3N5O7. The highest BCUT2D eigenvalue weighted by atomic mass is 19.4. The van der Waals surface area contributed by atoms with Crippen LogP contribution in [0.1, 0.15) is 95.3 Å². The molecule has 0 spiro atoms. The lowest BCUT2D eigenvalue weighted by Crippen LogP contribution is -2.48. The molecule has 0 fully saturated rings. The molecule has 300 valence electrons. The van der Waals surface area contributed by atoms with Crippen molar-refractivity contribution in [3.8, 4) is 5.75 Å². The van der Waals surface area contributed by atoms with E-state index in [9.17, 15) is 37.5 Å². The first-order valence-corrected chi connectivity index (χ1v) is 18.7. The standard InChI is InChI=1S/C39H56F3N5O7/c1-26-23-47(27(2)25-48)38(52)30-22-29(44-35(49)15-6-5-7-16-36(50)45-32-14-9-8-13-31(32)43)17-18-33(30)54-28(3)12-10-11-21-53-34(26)24-46(4)37(51)19-20-39(40,41)42/h8-9,13-14,17-18,22,26-28,34,48H,5-7,10-12,15-16,19-21,23-25,43H2,1-4H3,(H,44,49)(H,45,50)/t26-,27+,28-,34-/m1/s1. The molecule has 15 heteroatoms. The average Bonchev–Trinajstić information content (AvgIpc) is 3.12. The predicted octanol–water partition coefficient (Wildman–Crippen LogP) is 6.39. The number of carbonyl (C=O) groups is 4. The second-order valence-corrected chi connectivity index (χ2v) is 14.1. The van der Waals surface area contributed by atoms with Crippen molar-refractivity contribution < 1.29 is 46.9 Å². The number of nitrogen functional groups attached to an aromatic ring is 1. The van der Waals surface area contributed by atoms with Gasteiger partial charge >= 0.3 is 6.18 Å². The number of benzene rings is 2. The van der Waals surface area contributed by atoms with E-state index < -0.39 is 48.9 Å². The van der Waals surface area contributed by atoms with E-state index in [1.165, 1.54) is 16.8 Å². The van der Waals surface area contributed by atoms with Gasteiger partial charge in [0.25, 0.3) is 5.91 Å². The van der Waals surface area contributed by atoms with Gasteiger partial charge in [-0.15, -0.1) is 0 Å². The van der Waals surface area contributed by atoms with E-state index in [1.54, 1.807) is 49.4 Å². The second-order valence-electron chi connectivity index (χ2n) is 14.1. The molecule has 4 atom stereocenters. The number of anilines is 3. The third-order valence-corrected chi connectivity index (χ3v) is 9.38. The van der Waals surface area contributed by atoms with Gasteiger partial charge in [-0.3, -0.25) is 19.2 Å². The van der Waals surface area contributed by atoms with Crippen molar-refractivity contribution in [3.63, 3.8) is 0 Å². The fourth-order valence-electron chi connectivity index (χ4n) is 6.07. The van der Waals surface area contributed by atoms with Crippen molar-refractivity contribution >= 4 is 40.7 Å². The van der Waals surface area contributed by atoms with E-state index in [-0.39, 0.29) is 56.0 Å². The first kappa shape index (κ1) is 44.0. The molecule has 0 aromatic heterocycles. The highest BCUT2D eigenvalue weighted by Crippen LogP contribution is 2.29. The topological polar surface area (TPSA) is 164 Å². The molecule has 1 heterocycles. The van der Waals surface area contributed by atoms with Crippen molar-refractivity contribution in [1.82, 2.24) is 9.80 Å². The molecule has 4 amide bonds. The summed E-state index contributed by atoms with van der Waals surface area (Å²) in [5.41, 5.74) is 7.49. The highest BCUT2D eigenvalue weighted by Gasteiger charge is 2.32. The summed E-state index contributed by atoms with van der Waals surface area (Å²) in [7, 11) is 1.44. The minimum atomic E-state index is -4.45. The van der Waals surface area contributed by atoms with Gasteiger partial charge in [-0.05, 0) is 76.3 Å². The number of amides is 4. The van der Waals surface area contributed by atoms with E-state index in [2.05, 4.69) is 10.6 Å². The van der Waals surface area contributed by atoms with Gasteiger partial charge in [0, 0.05) is 57.6 Å². The molecule has 3 rings (SSSR count). The van der Waals surface area contributed by atoms with Crippen LogP contribution in [0.25, 0.3) is 0 Å². The first-order valence-electron chi connectivity index (χ1n) is 18.7. The van der Waals surface area contributed by atoms with E-state index in [0.29, 0.717) is 61.5 Å². The molecule has 0 saturated heterocycles. The van der Waals surface area contributed by atoms with Crippen LogP contribution in [0.15, 0.2) is 42.5 Å². The highest BCUT2D eigenvalue weighted by molar-refractivity contribution is 6.00. The van der Waals surface area contributed by atoms with Gasteiger partial charge in [-0.25, -0.2) is 0 Å². The Balaban J connectivity index is 1.71. The lowest BCUT2D eigenvalue weighted by molar-refractivity contribution is -0.149. The minimum Gasteiger partial charge on any atom is -0.490 e. The minimum absolute atomic E-state index is 0.0235. The number of hydrogen-bond acceptors (Lipinski definition) is 8. The smallest absolute Gasteiger partial charge is 0.389 e. The summed E-state index contributed by atoms with van der Waals surface area (Å²) in [5.74, 6) is -1.61. The van der Waals surface area contributed by atoms with Crippen LogP contribution in [0, 0.1) is 5.92 Å². The number of unbranched alkanes of at least 4 members (excludes halogenated alkanes) is 2. The van der Waals surface area contributed by atoms with Gasteiger partial charge in [-0.2, -0.15) is 13.2 Å². The normalized spacial score (nSPS) is 19.1. The molecule has 1 aliphatic rings. The van der Waals surface area contributed by atoms with Gasteiger partial charge < -0.3 is 40.7 Å². The van der Waals surface area contributed by atoms with Crippen LogP contribution < -0.4 is 21.1 Å². The van der Waals surface area contributed by atoms with Crippen LogP contribution in [0.4, 0.5) is 30.2 Å². The van der Waals surface area contributed by atoms with Crippen LogP contribution in [-0.4, -0.2) is 96.3 Å². The van der Waals surface area contributed by atoms with E-state index in [4.69, 9.17) is 15.2 Å². The molecule has 0 bridgehead atoms. The summed E-state index contributed by atoms with van der Waals surface area (Å²) in [5, 5.41) is 15.8. The number of aliphatic hydroxyl groups is 1. The van der Waals surface area contributed by atoms with Crippen molar-refractivity contribution in [2.24, 2.45) is 5.92 Å². The van der Waals surface area contributed by atoms with Crippen LogP contribution in [-0.2, 0) is 19.1 Å². The Bertz CT molecular complexity index is 1540. The summed E-state index contributed by atoms with van der Waals surface area (Å²) in [6, 6.07) is 11.2. The molecule has 1 aliphatic heterocycles. The zero-order chi connectivity index (χ0) is 39.8. The molecule has 0 aliphatic carbocycles. The number of aliphatic hydroxyl groups excluding tert-OH is 1. The molecule has 0 unspecified atom stereocenters. The van der Waals surface area contributed by atoms with Crippen molar-refractivity contribution in [3.05, 3.63) is 48.0 Å². The lowest BCUT2D eigenvalue weighted by atomic mass is 10.0. The Morgan fingerprint density at radius 2 is 1.70 bits per heavy atom. The Hall–Kier alpha value is -4.37. The number of fused-ring (bicyclic) bond motifs is 1. The zero-order valence-corrected chi connectivity index (χ0v) is 31.8. The maximum atomic E-state index is 14.3. The van der Waals surface area contributed by atoms with Crippen molar-refractivity contribution in [1.29, 1.82) is 0 Å². The maximum absolute atomic E-state index is 14.3. The van der Waals surface area contributed by atoms with Crippen molar-refractivity contribution in [2.45, 2.75) is 109 Å². The molecule has 2 aromatic rings. The van der Waals surface area contributed by atoms with Gasteiger partial charge in [-0.1, -0.05) is 25.5 Å². The summed E-state index contributed by atoms with van der Waals surface area (Å²) < 4.78 is 50.8. The summed E-state index contributed by atoms with van der Waals surface area (Å²) >= 11 is 0. The molecule has 2 aromatic carbocycles. The fourth-order valence-corrected chi connectivity index (χ4v) is 6.07. The number of ether oxygens (including phenoxy) is 2. The number of carbonyl (C=O) groups excluding carboxylic acids is 4. The van der Waals surface area contributed by atoms with E-state index in [1.807, 2.05) is 13.8 Å². The number of alkyl halides is 3. The second kappa shape index (κ2) is 21.5. The van der Waals surface area contributed by atoms with E-state index in [0.717, 1.165) is 6.42 Å². The van der Waals surface area contributed by atoms with Crippen molar-refractivity contribution in [2.75, 3.05) is 49.7 Å². The third-order valence-electron chi connectivity index (χ3n) is 9.38. The quantitative estimate of drug-likeness (QED) is 0.127. The molecule has 12 nitrogen and oxygen atoms in total. The number of nitrogens with one attached hydrogen (secondary N) is 2. The first-order chi connectivity index (χ1) is 25.6. The SMILES string of the molecule is C[C@@H]1CCCCO[C@H](CN(C)C(=O)CCC(F)(F)F)[C@H](C)CN([C@@H](C)CO)C(=O)c2cc(NC(=O)CCCCCC(=O)Nc3ccccc3N)ccc2O1. The van der Waals surface area contributed by atoms with Gasteiger partial charge in [0.1, 0.15) is 5.75 Å². The summed E-state index contributed by atoms with van der Waals surface area (Å²) in [6.07, 6.45) is -2.92. The summed E-state index contributed by atoms with van der Waals surface area (Å²) in [6.45, 7) is 5.51. The number of rotatable bonds is 14. The average molecular weight is 764 g/mol. The van der Waals surface area contributed by atoms with Gasteiger partial charge in [0.2, 0.25) is 17.7 Å². The monoisotopic (exact) mass is 763 g/mol. The van der Waals surface area contributed by atoms with Crippen LogP contribution in [0.2, 0.25) is 0 Å². The largest absolute Gasteiger partial charge is 0.490 e. The summed E-state index contributed by atoms with van der Waals surface area (Å²) in [4.78, 5) is 54.8. The molecule has 0 radical (unpaired) electrons. The Morgan fingerprint density at radius 1 is 1.02 bits per heavy atom. The Morgan fingerprint density at radius 3 is 2.37 bits per heavy atom. The number of para-hydroxylation sites is 2. The maximum Gasteiger partial charge on any atom is 0.389 e. The van der Waals surface area contributed by atoms with Crippen LogP contribution in [0.5, 0.6) is 5.75 Å². The number of nitrogens with zero attached hydrogens (tertiary/aromatic N) is 2. The third kappa shape index (κ3) is 14.8. The number of nitrogens with two attached hydrogens (primary N) is 1. The van der Waals surface area contributed by atoms with Gasteiger partial charge in [0.15, 0.2) is 0 Å². The molecule has 54 heavy (non-hydrogen) atoms. The van der Waals surface area contributed by atoms with Crippen LogP contribution >= 0.6 is 0 Å². The Labute approximate surface area is 315 Å². The molecule has 5 N–H and O–H groups in total.